The van der Waals surface area contributed by atoms with Gasteiger partial charge in [-0.1, -0.05) is 5.16 Å². The molecule has 12 nitrogen and oxygen atoms in total. The molecule has 0 radical (unpaired) electrons. The van der Waals surface area contributed by atoms with Crippen molar-refractivity contribution in [3.05, 3.63) is 63.8 Å². The van der Waals surface area contributed by atoms with Crippen LogP contribution in [0.15, 0.2) is 51.7 Å². The largest absolute Gasteiger partial charge is 0.477 e. The average Bonchev–Trinajstić information content (AvgIpc) is 3.50. The van der Waals surface area contributed by atoms with Gasteiger partial charge in [-0.3, -0.25) is 19.3 Å². The number of carboxylic acid groups (broad SMARTS) is 1. The zero-order valence-electron chi connectivity index (χ0n) is 20.6. The second kappa shape index (κ2) is 10.7. The van der Waals surface area contributed by atoms with E-state index in [9.17, 15) is 33.1 Å². The Hall–Kier alpha value is -4.31. The highest BCUT2D eigenvalue weighted by atomic mass is 32.2. The van der Waals surface area contributed by atoms with E-state index in [1.165, 1.54) is 30.3 Å². The summed E-state index contributed by atoms with van der Waals surface area (Å²) in [5.74, 6) is -4.93. The van der Waals surface area contributed by atoms with Gasteiger partial charge in [0.25, 0.3) is 17.7 Å². The Labute approximate surface area is 233 Å². The van der Waals surface area contributed by atoms with Crippen molar-refractivity contribution in [1.29, 1.82) is 0 Å². The van der Waals surface area contributed by atoms with E-state index in [0.29, 0.717) is 6.07 Å². The van der Waals surface area contributed by atoms with Gasteiger partial charge in [0.1, 0.15) is 41.6 Å². The van der Waals surface area contributed by atoms with Gasteiger partial charge >= 0.3 is 5.97 Å². The minimum absolute atomic E-state index is 0.0893. The smallest absolute Gasteiger partial charge is 0.352 e. The first-order chi connectivity index (χ1) is 19.1. The number of nitrogens with zero attached hydrogens (tertiary/aromatic N) is 4. The van der Waals surface area contributed by atoms with E-state index in [-0.39, 0.29) is 57.8 Å². The van der Waals surface area contributed by atoms with Crippen LogP contribution in [0.2, 0.25) is 0 Å². The lowest BCUT2D eigenvalue weighted by atomic mass is 10.0. The van der Waals surface area contributed by atoms with Crippen molar-refractivity contribution < 1.29 is 37.9 Å². The second-order valence-electron chi connectivity index (χ2n) is 8.71. The SMILES string of the molecule is CON=C(C(=O)N[C@@H]1C(=O)N2C(C(=O)O)=C(C=C3CCN(c4ccc(F)cc4F)C3=O)CS[C@H]12)c1csc(N)n1. The molecule has 1 aromatic carbocycles. The number of halogens is 2. The molecule has 16 heteroatoms. The van der Waals surface area contributed by atoms with E-state index in [1.807, 2.05) is 0 Å². The number of thiazole rings is 1. The summed E-state index contributed by atoms with van der Waals surface area (Å²) >= 11 is 2.28. The minimum Gasteiger partial charge on any atom is -0.477 e. The summed E-state index contributed by atoms with van der Waals surface area (Å²) in [6, 6.07) is 1.82. The van der Waals surface area contributed by atoms with E-state index in [4.69, 9.17) is 10.6 Å². The molecule has 4 heterocycles. The molecule has 4 N–H and O–H groups in total. The molecule has 40 heavy (non-hydrogen) atoms. The molecule has 3 aliphatic rings. The summed E-state index contributed by atoms with van der Waals surface area (Å²) in [5.41, 5.74) is 5.61. The molecule has 2 atom stereocenters. The van der Waals surface area contributed by atoms with Crippen LogP contribution in [0.5, 0.6) is 0 Å². The van der Waals surface area contributed by atoms with Crippen molar-refractivity contribution in [2.24, 2.45) is 5.16 Å². The molecule has 208 valence electrons. The van der Waals surface area contributed by atoms with Crippen LogP contribution in [0.4, 0.5) is 19.6 Å². The van der Waals surface area contributed by atoms with E-state index < -0.39 is 46.7 Å². The Morgan fingerprint density at radius 3 is 2.75 bits per heavy atom. The molecule has 2 fully saturated rings. The number of hydrogen-bond acceptors (Lipinski definition) is 10. The number of benzene rings is 1. The first-order valence-corrected chi connectivity index (χ1v) is 13.6. The van der Waals surface area contributed by atoms with E-state index in [1.54, 1.807) is 0 Å². The minimum atomic E-state index is -1.39. The highest BCUT2D eigenvalue weighted by molar-refractivity contribution is 8.00. The van der Waals surface area contributed by atoms with Gasteiger partial charge in [0.15, 0.2) is 10.8 Å². The first kappa shape index (κ1) is 27.3. The second-order valence-corrected chi connectivity index (χ2v) is 10.7. The highest BCUT2D eigenvalue weighted by Gasteiger charge is 2.54. The Bertz CT molecular complexity index is 1540. The number of carbonyl (C=O) groups is 4. The van der Waals surface area contributed by atoms with Gasteiger partial charge in [-0.15, -0.1) is 23.1 Å². The lowest BCUT2D eigenvalue weighted by molar-refractivity contribution is -0.150. The van der Waals surface area contributed by atoms with Crippen molar-refractivity contribution >= 4 is 63.3 Å². The number of thioether (sulfide) groups is 1. The molecule has 1 aromatic heterocycles. The number of nitrogens with two attached hydrogens (primary N) is 1. The molecule has 0 spiro atoms. The van der Waals surface area contributed by atoms with Crippen molar-refractivity contribution in [3.8, 4) is 0 Å². The lowest BCUT2D eigenvalue weighted by Gasteiger charge is -2.49. The normalized spacial score (nSPS) is 22.0. The van der Waals surface area contributed by atoms with Crippen LogP contribution in [0.3, 0.4) is 0 Å². The van der Waals surface area contributed by atoms with Crippen LogP contribution in [0, 0.1) is 11.6 Å². The Morgan fingerprint density at radius 1 is 1.32 bits per heavy atom. The van der Waals surface area contributed by atoms with Gasteiger partial charge in [0.2, 0.25) is 0 Å². The number of carbonyl (C=O) groups excluding carboxylic acids is 3. The van der Waals surface area contributed by atoms with Crippen LogP contribution in [-0.4, -0.2) is 75.2 Å². The molecule has 3 aliphatic heterocycles. The summed E-state index contributed by atoms with van der Waals surface area (Å²) in [6.07, 6.45) is 1.58. The molecule has 0 bridgehead atoms. The fourth-order valence-corrected chi connectivity index (χ4v) is 6.40. The van der Waals surface area contributed by atoms with Crippen molar-refractivity contribution in [2.45, 2.75) is 17.8 Å². The van der Waals surface area contributed by atoms with Gasteiger partial charge in [-0.2, -0.15) is 0 Å². The molecular weight excluding hydrogens is 570 g/mol. The molecule has 0 unspecified atom stereocenters. The molecule has 0 aliphatic carbocycles. The van der Waals surface area contributed by atoms with Gasteiger partial charge in [0.05, 0.1) is 5.69 Å². The zero-order valence-corrected chi connectivity index (χ0v) is 22.2. The number of aliphatic carboxylic acids is 1. The molecule has 3 amide bonds. The van der Waals surface area contributed by atoms with Gasteiger partial charge in [-0.25, -0.2) is 18.6 Å². The van der Waals surface area contributed by atoms with Crippen LogP contribution >= 0.6 is 23.1 Å². The predicted octanol–water partition coefficient (Wildman–Crippen LogP) is 1.46. The van der Waals surface area contributed by atoms with Crippen LogP contribution in [0.1, 0.15) is 12.1 Å². The molecule has 0 saturated carbocycles. The van der Waals surface area contributed by atoms with Crippen LogP contribution < -0.4 is 16.0 Å². The molecule has 5 rings (SSSR count). The topological polar surface area (TPSA) is 168 Å². The number of aromatic nitrogens is 1. The highest BCUT2D eigenvalue weighted by Crippen LogP contribution is 2.41. The number of amides is 3. The predicted molar refractivity (Wildman–Crippen MR) is 141 cm³/mol. The monoisotopic (exact) mass is 590 g/mol. The standard InChI is InChI=1S/C24H20F2N6O6S2/c1-38-30-16(14-9-40-24(27)28-14)19(33)29-17-21(35)32-18(23(36)37)11(8-39-22(17)32)6-10-4-5-31(20(10)34)15-3-2-12(25)7-13(15)26/h2-3,6-7,9,17,22H,4-5,8H2,1H3,(H2,27,28)(H,29,33)(H,36,37)/t17-,22-/m1/s1. The summed E-state index contributed by atoms with van der Waals surface area (Å²) in [6.45, 7) is 0.116. The Balaban J connectivity index is 1.36. The third-order valence-electron chi connectivity index (χ3n) is 6.32. The fourth-order valence-electron chi connectivity index (χ4n) is 4.54. The van der Waals surface area contributed by atoms with Crippen molar-refractivity contribution in [3.63, 3.8) is 0 Å². The maximum Gasteiger partial charge on any atom is 0.352 e. The molecule has 2 saturated heterocycles. The van der Waals surface area contributed by atoms with E-state index in [2.05, 4.69) is 15.5 Å². The average molecular weight is 591 g/mol. The molecule has 2 aromatic rings. The number of nitrogen functional groups attached to an aromatic ring is 1. The number of nitrogens with one attached hydrogen (secondary N) is 1. The molecular formula is C24H20F2N6O6S2. The summed E-state index contributed by atoms with van der Waals surface area (Å²) < 4.78 is 27.6. The maximum atomic E-state index is 14.3. The first-order valence-electron chi connectivity index (χ1n) is 11.6. The lowest BCUT2D eigenvalue weighted by Crippen LogP contribution is -2.71. The maximum absolute atomic E-state index is 14.3. The van der Waals surface area contributed by atoms with Crippen LogP contribution in [-0.2, 0) is 24.0 Å². The number of allylic oxidation sites excluding steroid dienone is 1. The van der Waals surface area contributed by atoms with Gasteiger partial charge in [-0.05, 0) is 30.2 Å². The summed E-state index contributed by atoms with van der Waals surface area (Å²) in [4.78, 5) is 62.1. The number of oxime groups is 1. The number of hydrogen-bond donors (Lipinski definition) is 3. The summed E-state index contributed by atoms with van der Waals surface area (Å²) in [5, 5.41) is 17.2. The number of β-lactam (4-membered cyclic amide) rings is 1. The van der Waals surface area contributed by atoms with Crippen molar-refractivity contribution in [1.82, 2.24) is 15.2 Å². The fraction of sp³-hybridized carbons (Fsp3) is 0.250. The third-order valence-corrected chi connectivity index (χ3v) is 8.30. The van der Waals surface area contributed by atoms with E-state index in [0.717, 1.165) is 33.3 Å². The third kappa shape index (κ3) is 4.79. The zero-order chi connectivity index (χ0) is 28.7. The van der Waals surface area contributed by atoms with Gasteiger partial charge < -0.3 is 25.9 Å². The Morgan fingerprint density at radius 2 is 2.10 bits per heavy atom. The van der Waals surface area contributed by atoms with E-state index >= 15 is 0 Å². The number of carboxylic acids is 1. The Kier molecular flexibility index (Phi) is 7.29. The quantitative estimate of drug-likeness (QED) is 0.187. The number of fused-ring (bicyclic) bond motifs is 1. The van der Waals surface area contributed by atoms with Gasteiger partial charge in [0, 0.05) is 29.3 Å². The number of anilines is 2. The van der Waals surface area contributed by atoms with Crippen molar-refractivity contribution in [2.75, 3.05) is 30.0 Å². The summed E-state index contributed by atoms with van der Waals surface area (Å²) in [7, 11) is 1.24. The number of rotatable bonds is 7. The van der Waals surface area contributed by atoms with Crippen LogP contribution in [0.25, 0.3) is 0 Å².